The van der Waals surface area contributed by atoms with Gasteiger partial charge in [-0.1, -0.05) is 6.92 Å². The van der Waals surface area contributed by atoms with Gasteiger partial charge in [0.1, 0.15) is 11.4 Å². The molecule has 0 saturated carbocycles. The van der Waals surface area contributed by atoms with Gasteiger partial charge in [0.05, 0.1) is 5.69 Å². The Morgan fingerprint density at radius 1 is 1.53 bits per heavy atom. The van der Waals surface area contributed by atoms with Gasteiger partial charge >= 0.3 is 5.97 Å². The Kier molecular flexibility index (Phi) is 3.50. The Bertz CT molecular complexity index is 435. The largest absolute Gasteiger partial charge is 0.477 e. The van der Waals surface area contributed by atoms with E-state index >= 15 is 0 Å². The van der Waals surface area contributed by atoms with Crippen LogP contribution in [0.2, 0.25) is 0 Å². The van der Waals surface area contributed by atoms with Gasteiger partial charge in [-0.15, -0.1) is 0 Å². The number of aromatic nitrogens is 2. The summed E-state index contributed by atoms with van der Waals surface area (Å²) in [6.07, 6.45) is 0.923. The number of carbonyl (C=O) groups is 1. The van der Waals surface area contributed by atoms with Crippen LogP contribution in [-0.4, -0.2) is 33.4 Å². The molecular weight excluding hydrogens is 218 g/mol. The monoisotopic (exact) mass is 239 g/mol. The SMILES string of the molecule is CCC(C)(C)N(C)c1c(C(=O)O)c(C)nn1C. The lowest BCUT2D eigenvalue weighted by Gasteiger charge is -2.36. The first-order valence-electron chi connectivity index (χ1n) is 5.73. The van der Waals surface area contributed by atoms with Gasteiger partial charge in [-0.25, -0.2) is 4.79 Å². The average molecular weight is 239 g/mol. The molecule has 17 heavy (non-hydrogen) atoms. The molecule has 5 heteroatoms. The number of aryl methyl sites for hydroxylation is 2. The second kappa shape index (κ2) is 4.39. The highest BCUT2D eigenvalue weighted by atomic mass is 16.4. The molecule has 0 atom stereocenters. The highest BCUT2D eigenvalue weighted by Gasteiger charge is 2.29. The van der Waals surface area contributed by atoms with Crippen molar-refractivity contribution < 1.29 is 9.90 Å². The van der Waals surface area contributed by atoms with Gasteiger partial charge in [0, 0.05) is 19.6 Å². The summed E-state index contributed by atoms with van der Waals surface area (Å²) in [5.41, 5.74) is 0.732. The third-order valence-electron chi connectivity index (χ3n) is 3.50. The van der Waals surface area contributed by atoms with Crippen molar-refractivity contribution in [1.29, 1.82) is 0 Å². The Morgan fingerprint density at radius 3 is 2.47 bits per heavy atom. The minimum Gasteiger partial charge on any atom is -0.477 e. The quantitative estimate of drug-likeness (QED) is 0.873. The Morgan fingerprint density at radius 2 is 2.06 bits per heavy atom. The minimum atomic E-state index is -0.927. The average Bonchev–Trinajstić information content (AvgIpc) is 2.52. The molecule has 0 radical (unpaired) electrons. The van der Waals surface area contributed by atoms with E-state index in [1.54, 1.807) is 18.7 Å². The molecule has 0 aliphatic heterocycles. The van der Waals surface area contributed by atoms with E-state index in [-0.39, 0.29) is 11.1 Å². The van der Waals surface area contributed by atoms with Crippen molar-refractivity contribution in [1.82, 2.24) is 9.78 Å². The zero-order valence-corrected chi connectivity index (χ0v) is 11.4. The maximum Gasteiger partial charge on any atom is 0.341 e. The molecule has 0 spiro atoms. The van der Waals surface area contributed by atoms with Crippen LogP contribution in [-0.2, 0) is 7.05 Å². The third kappa shape index (κ3) is 2.28. The van der Waals surface area contributed by atoms with Gasteiger partial charge in [-0.05, 0) is 27.2 Å². The molecule has 0 aliphatic rings. The van der Waals surface area contributed by atoms with Crippen LogP contribution >= 0.6 is 0 Å². The van der Waals surface area contributed by atoms with E-state index in [0.717, 1.165) is 6.42 Å². The second-order valence-corrected chi connectivity index (χ2v) is 4.94. The molecule has 0 bridgehead atoms. The molecule has 1 heterocycles. The van der Waals surface area contributed by atoms with E-state index in [0.29, 0.717) is 11.5 Å². The molecule has 1 rings (SSSR count). The second-order valence-electron chi connectivity index (χ2n) is 4.94. The number of rotatable bonds is 4. The number of anilines is 1. The summed E-state index contributed by atoms with van der Waals surface area (Å²) in [5.74, 6) is -0.272. The van der Waals surface area contributed by atoms with Crippen molar-refractivity contribution in [2.24, 2.45) is 7.05 Å². The zero-order chi connectivity index (χ0) is 13.4. The number of hydrogen-bond donors (Lipinski definition) is 1. The fourth-order valence-corrected chi connectivity index (χ4v) is 1.81. The van der Waals surface area contributed by atoms with Gasteiger partial charge in [0.25, 0.3) is 0 Å². The van der Waals surface area contributed by atoms with E-state index in [4.69, 9.17) is 0 Å². The predicted molar refractivity (Wildman–Crippen MR) is 67.7 cm³/mol. The van der Waals surface area contributed by atoms with Gasteiger partial charge in [-0.3, -0.25) is 4.68 Å². The Hall–Kier alpha value is -1.52. The summed E-state index contributed by atoms with van der Waals surface area (Å²) in [7, 11) is 3.68. The zero-order valence-electron chi connectivity index (χ0n) is 11.4. The van der Waals surface area contributed by atoms with Crippen LogP contribution in [0.15, 0.2) is 0 Å². The first-order chi connectivity index (χ1) is 7.72. The van der Waals surface area contributed by atoms with E-state index in [1.165, 1.54) is 0 Å². The Balaban J connectivity index is 3.36. The smallest absolute Gasteiger partial charge is 0.341 e. The Labute approximate surface area is 102 Å². The molecule has 0 aromatic carbocycles. The van der Waals surface area contributed by atoms with E-state index in [9.17, 15) is 9.90 Å². The lowest BCUT2D eigenvalue weighted by atomic mass is 9.99. The molecule has 0 aliphatic carbocycles. The van der Waals surface area contributed by atoms with Crippen molar-refractivity contribution in [2.75, 3.05) is 11.9 Å². The summed E-state index contributed by atoms with van der Waals surface area (Å²) in [6, 6.07) is 0. The number of carboxylic acid groups (broad SMARTS) is 1. The molecule has 5 nitrogen and oxygen atoms in total. The van der Waals surface area contributed by atoms with Gasteiger partial charge in [0.15, 0.2) is 0 Å². The van der Waals surface area contributed by atoms with Gasteiger partial charge < -0.3 is 10.0 Å². The van der Waals surface area contributed by atoms with Gasteiger partial charge in [-0.2, -0.15) is 5.10 Å². The molecular formula is C12H21N3O2. The van der Waals surface area contributed by atoms with E-state index in [2.05, 4.69) is 25.9 Å². The van der Waals surface area contributed by atoms with Crippen LogP contribution < -0.4 is 4.90 Å². The van der Waals surface area contributed by atoms with Crippen molar-refractivity contribution in [3.05, 3.63) is 11.3 Å². The fourth-order valence-electron chi connectivity index (χ4n) is 1.81. The van der Waals surface area contributed by atoms with E-state index in [1.807, 2.05) is 11.9 Å². The van der Waals surface area contributed by atoms with Gasteiger partial charge in [0.2, 0.25) is 0 Å². The molecule has 0 saturated heterocycles. The molecule has 1 aromatic rings. The maximum atomic E-state index is 11.3. The molecule has 0 amide bonds. The highest BCUT2D eigenvalue weighted by molar-refractivity contribution is 5.95. The van der Waals surface area contributed by atoms with Crippen molar-refractivity contribution in [3.63, 3.8) is 0 Å². The first-order valence-corrected chi connectivity index (χ1v) is 5.73. The third-order valence-corrected chi connectivity index (χ3v) is 3.50. The predicted octanol–water partition coefficient (Wildman–Crippen LogP) is 2.05. The van der Waals surface area contributed by atoms with E-state index < -0.39 is 5.97 Å². The van der Waals surface area contributed by atoms with Crippen molar-refractivity contribution in [3.8, 4) is 0 Å². The first kappa shape index (κ1) is 13.5. The normalized spacial score (nSPS) is 11.6. The topological polar surface area (TPSA) is 58.4 Å². The summed E-state index contributed by atoms with van der Waals surface area (Å²) in [4.78, 5) is 13.3. The fraction of sp³-hybridized carbons (Fsp3) is 0.667. The molecule has 1 N–H and O–H groups in total. The number of hydrogen-bond acceptors (Lipinski definition) is 3. The summed E-state index contributed by atoms with van der Waals surface area (Å²) >= 11 is 0. The highest BCUT2D eigenvalue weighted by Crippen LogP contribution is 2.29. The molecule has 96 valence electrons. The van der Waals surface area contributed by atoms with Crippen molar-refractivity contribution in [2.45, 2.75) is 39.7 Å². The maximum absolute atomic E-state index is 11.3. The van der Waals surface area contributed by atoms with Crippen molar-refractivity contribution >= 4 is 11.8 Å². The lowest BCUT2D eigenvalue weighted by Crippen LogP contribution is -2.42. The van der Waals surface area contributed by atoms with Crippen LogP contribution in [0.5, 0.6) is 0 Å². The number of nitrogens with zero attached hydrogens (tertiary/aromatic N) is 3. The van der Waals surface area contributed by atoms with Crippen LogP contribution in [0.4, 0.5) is 5.82 Å². The van der Waals surface area contributed by atoms with Crippen LogP contribution in [0.3, 0.4) is 0 Å². The van der Waals surface area contributed by atoms with Crippen LogP contribution in [0.1, 0.15) is 43.2 Å². The summed E-state index contributed by atoms with van der Waals surface area (Å²) in [6.45, 7) is 7.97. The molecule has 0 unspecified atom stereocenters. The lowest BCUT2D eigenvalue weighted by molar-refractivity contribution is 0.0696. The standard InChI is InChI=1S/C12H21N3O2/c1-7-12(3,4)14(5)10-9(11(16)17)8(2)13-15(10)6/h7H2,1-6H3,(H,16,17). The van der Waals surface area contributed by atoms with Crippen LogP contribution in [0, 0.1) is 6.92 Å². The summed E-state index contributed by atoms with van der Waals surface area (Å²) < 4.78 is 1.64. The minimum absolute atomic E-state index is 0.107. The molecule has 1 aromatic heterocycles. The van der Waals surface area contributed by atoms with Crippen LogP contribution in [0.25, 0.3) is 0 Å². The molecule has 0 fully saturated rings. The number of carboxylic acids is 1. The summed E-state index contributed by atoms with van der Waals surface area (Å²) in [5, 5.41) is 13.5. The number of aromatic carboxylic acids is 1.